The van der Waals surface area contributed by atoms with E-state index in [9.17, 15) is 9.59 Å². The van der Waals surface area contributed by atoms with Crippen LogP contribution in [0, 0.1) is 29.7 Å². The Morgan fingerprint density at radius 1 is 1.04 bits per heavy atom. The molecule has 0 bridgehead atoms. The number of cyclic esters (lactones) is 2. The molecule has 23 heavy (non-hydrogen) atoms. The molecule has 3 rings (SSSR count). The minimum Gasteiger partial charge on any atom is -0.999 e. The van der Waals surface area contributed by atoms with Crippen LogP contribution in [-0.4, -0.2) is 17.7 Å². The Morgan fingerprint density at radius 3 is 1.91 bits per heavy atom. The van der Waals surface area contributed by atoms with Crippen LogP contribution in [0.25, 0.3) is 0 Å². The molecule has 0 N–H and O–H groups in total. The van der Waals surface area contributed by atoms with Gasteiger partial charge in [-0.1, -0.05) is 0 Å². The van der Waals surface area contributed by atoms with E-state index in [0.717, 1.165) is 5.56 Å². The normalized spacial score (nSPS) is 17.9. The predicted molar refractivity (Wildman–Crippen MR) is 77.5 cm³/mol. The minimum atomic E-state index is -1.25. The fourth-order valence-electron chi connectivity index (χ4n) is 2.04. The van der Waals surface area contributed by atoms with Crippen LogP contribution >= 0.6 is 0 Å². The van der Waals surface area contributed by atoms with Crippen LogP contribution < -0.4 is 0 Å². The molecule has 1 fully saturated rings. The number of esters is 2. The zero-order valence-electron chi connectivity index (χ0n) is 13.1. The standard InChI is InChI=1S/C13H15O4.C5H.Fe/c1-12(2)16-10(14)13(3,11(15)17-12)8-9-6-4-5-7-9;1-2-4-5-3-1;/h4-7H,8H2,1-3H3;1H;/q-1;-5;. The summed E-state index contributed by atoms with van der Waals surface area (Å²) in [7, 11) is 0. The summed E-state index contributed by atoms with van der Waals surface area (Å²) >= 11 is 0. The summed E-state index contributed by atoms with van der Waals surface area (Å²) in [5.74, 6) is -2.22. The average molecular weight is 352 g/mol. The second-order valence-electron chi connectivity index (χ2n) is 5.66. The molecule has 126 valence electrons. The number of carbonyl (C=O) groups is 2. The van der Waals surface area contributed by atoms with Gasteiger partial charge in [-0.25, -0.2) is 12.1 Å². The van der Waals surface area contributed by atoms with Crippen LogP contribution in [0.5, 0.6) is 0 Å². The quantitative estimate of drug-likeness (QED) is 0.361. The SMILES string of the molecule is CC1(C)OC(=O)C(C)(C[c-]2cccc2)C(=O)O1.[Fe].[c-]1[c-][c-][cH-][c-]1. The Labute approximate surface area is 147 Å². The average Bonchev–Trinajstić information content (AvgIpc) is 3.11. The molecule has 1 saturated heterocycles. The van der Waals surface area contributed by atoms with Gasteiger partial charge in [0.25, 0.3) is 5.79 Å². The van der Waals surface area contributed by atoms with E-state index in [1.807, 2.05) is 24.3 Å². The summed E-state index contributed by atoms with van der Waals surface area (Å²) in [6.07, 6.45) is 0.299. The van der Waals surface area contributed by atoms with Gasteiger partial charge in [-0.05, 0) is 13.3 Å². The summed E-state index contributed by atoms with van der Waals surface area (Å²) in [6, 6.07) is 19.5. The number of carbonyl (C=O) groups excluding carboxylic acids is 2. The van der Waals surface area contributed by atoms with E-state index >= 15 is 0 Å². The van der Waals surface area contributed by atoms with Gasteiger partial charge in [0.05, 0.1) is 0 Å². The van der Waals surface area contributed by atoms with Crippen molar-refractivity contribution in [3.63, 3.8) is 0 Å². The van der Waals surface area contributed by atoms with Crippen LogP contribution in [0.2, 0.25) is 0 Å². The first-order valence-corrected chi connectivity index (χ1v) is 6.84. The molecule has 2 aromatic rings. The van der Waals surface area contributed by atoms with Gasteiger partial charge >= 0.3 is 11.9 Å². The monoisotopic (exact) mass is 352 g/mol. The molecule has 4 nitrogen and oxygen atoms in total. The fraction of sp³-hybridized carbons (Fsp3) is 0.333. The molecule has 0 aliphatic carbocycles. The molecule has 0 spiro atoms. The molecule has 5 heteroatoms. The Balaban J connectivity index is 0.000000377. The first-order valence-electron chi connectivity index (χ1n) is 6.84. The van der Waals surface area contributed by atoms with Gasteiger partial charge in [-0.2, -0.15) is 17.7 Å². The maximum Gasteiger partial charge on any atom is 0.325 e. The molecule has 0 unspecified atom stereocenters. The van der Waals surface area contributed by atoms with E-state index in [-0.39, 0.29) is 17.1 Å². The number of ether oxygens (including phenoxy) is 2. The molecule has 0 saturated carbocycles. The van der Waals surface area contributed by atoms with Crippen LogP contribution in [0.15, 0.2) is 30.3 Å². The van der Waals surface area contributed by atoms with Gasteiger partial charge in [-0.15, -0.1) is 0 Å². The van der Waals surface area contributed by atoms with Gasteiger partial charge in [0.1, 0.15) is 0 Å². The van der Waals surface area contributed by atoms with Gasteiger partial charge in [0.2, 0.25) is 0 Å². The molecule has 0 atom stereocenters. The molecule has 1 aliphatic heterocycles. The third-order valence-electron chi connectivity index (χ3n) is 3.22. The van der Waals surface area contributed by atoms with E-state index in [1.54, 1.807) is 26.8 Å². The zero-order chi connectivity index (χ0) is 16.2. The molecule has 0 radical (unpaired) electrons. The van der Waals surface area contributed by atoms with Crippen molar-refractivity contribution in [3.8, 4) is 0 Å². The number of hydrogen-bond acceptors (Lipinski definition) is 4. The predicted octanol–water partition coefficient (Wildman–Crippen LogP) is 2.39. The van der Waals surface area contributed by atoms with Crippen molar-refractivity contribution < 1.29 is 36.1 Å². The van der Waals surface area contributed by atoms with E-state index in [4.69, 9.17) is 9.47 Å². The maximum atomic E-state index is 11.9. The molecule has 0 amide bonds. The van der Waals surface area contributed by atoms with Crippen LogP contribution in [-0.2, 0) is 42.6 Å². The summed E-state index contributed by atoms with van der Waals surface area (Å²) in [5, 5.41) is 0. The molecule has 2 aromatic carbocycles. The van der Waals surface area contributed by atoms with E-state index in [0.29, 0.717) is 6.42 Å². The van der Waals surface area contributed by atoms with E-state index in [2.05, 4.69) is 24.3 Å². The maximum absolute atomic E-state index is 11.9. The molecule has 0 aromatic heterocycles. The summed E-state index contributed by atoms with van der Waals surface area (Å²) in [4.78, 5) is 23.9. The first-order chi connectivity index (χ1) is 10.3. The fourth-order valence-corrected chi connectivity index (χ4v) is 2.04. The topological polar surface area (TPSA) is 52.6 Å². The largest absolute Gasteiger partial charge is 0.999 e. The van der Waals surface area contributed by atoms with Crippen LogP contribution in [0.3, 0.4) is 0 Å². The molecule has 1 aliphatic rings. The molecular formula is C18H16FeO4-6. The van der Waals surface area contributed by atoms with E-state index < -0.39 is 23.1 Å². The van der Waals surface area contributed by atoms with Crippen molar-refractivity contribution in [2.75, 3.05) is 0 Å². The van der Waals surface area contributed by atoms with Gasteiger partial charge in [0.15, 0.2) is 5.41 Å². The van der Waals surface area contributed by atoms with Crippen molar-refractivity contribution in [3.05, 3.63) is 60.2 Å². The third-order valence-corrected chi connectivity index (χ3v) is 3.22. The Kier molecular flexibility index (Phi) is 6.36. The first kappa shape index (κ1) is 19.2. The number of rotatable bonds is 2. The van der Waals surface area contributed by atoms with Crippen molar-refractivity contribution in [2.45, 2.75) is 33.0 Å². The van der Waals surface area contributed by atoms with Gasteiger partial charge in [0, 0.05) is 30.9 Å². The molecular weight excluding hydrogens is 336 g/mol. The Bertz CT molecular complexity index is 574. The summed E-state index contributed by atoms with van der Waals surface area (Å²) in [5.41, 5.74) is -0.328. The second-order valence-corrected chi connectivity index (χ2v) is 5.66. The number of hydrogen-bond donors (Lipinski definition) is 0. The van der Waals surface area contributed by atoms with Crippen LogP contribution in [0.1, 0.15) is 26.3 Å². The summed E-state index contributed by atoms with van der Waals surface area (Å²) in [6.45, 7) is 4.65. The van der Waals surface area contributed by atoms with Crippen molar-refractivity contribution in [1.29, 1.82) is 0 Å². The van der Waals surface area contributed by atoms with Crippen molar-refractivity contribution >= 4 is 11.9 Å². The summed E-state index contributed by atoms with van der Waals surface area (Å²) < 4.78 is 10.3. The van der Waals surface area contributed by atoms with Gasteiger partial charge < -0.3 is 39.8 Å². The van der Waals surface area contributed by atoms with Gasteiger partial charge in [-0.3, -0.25) is 9.59 Å². The smallest absolute Gasteiger partial charge is 0.325 e. The minimum absolute atomic E-state index is 0. The van der Waals surface area contributed by atoms with Crippen molar-refractivity contribution in [1.82, 2.24) is 0 Å². The van der Waals surface area contributed by atoms with Crippen molar-refractivity contribution in [2.24, 2.45) is 5.41 Å². The third kappa shape index (κ3) is 4.81. The zero-order valence-corrected chi connectivity index (χ0v) is 14.2. The Morgan fingerprint density at radius 2 is 1.52 bits per heavy atom. The second kappa shape index (κ2) is 7.62. The van der Waals surface area contributed by atoms with Crippen LogP contribution in [0.4, 0.5) is 0 Å². The van der Waals surface area contributed by atoms with E-state index in [1.165, 1.54) is 0 Å². The molecule has 1 heterocycles. The Hall–Kier alpha value is -1.84.